The van der Waals surface area contributed by atoms with Crippen LogP contribution >= 0.6 is 0 Å². The number of carbonyl (C=O) groups excluding carboxylic acids is 2. The summed E-state index contributed by atoms with van der Waals surface area (Å²) in [5.74, 6) is -0.617. The lowest BCUT2D eigenvalue weighted by Crippen LogP contribution is -2.33. The Morgan fingerprint density at radius 3 is 2.27 bits per heavy atom. The zero-order valence-corrected chi connectivity index (χ0v) is 17.9. The first kappa shape index (κ1) is 21.9. The molecule has 33 heavy (non-hydrogen) atoms. The van der Waals surface area contributed by atoms with Gasteiger partial charge < -0.3 is 10.6 Å². The monoisotopic (exact) mass is 441 g/mol. The van der Waals surface area contributed by atoms with Gasteiger partial charge in [-0.25, -0.2) is 4.68 Å². The van der Waals surface area contributed by atoms with Crippen LogP contribution in [0.1, 0.15) is 28.0 Å². The summed E-state index contributed by atoms with van der Waals surface area (Å²) in [6.07, 6.45) is 3.45. The molecule has 2 aromatic carbocycles. The molecule has 4 rings (SSSR count). The third kappa shape index (κ3) is 5.48. The van der Waals surface area contributed by atoms with Crippen LogP contribution in [0.5, 0.6) is 0 Å². The van der Waals surface area contributed by atoms with Crippen LogP contribution in [0.4, 0.5) is 0 Å². The Morgan fingerprint density at radius 1 is 0.818 bits per heavy atom. The van der Waals surface area contributed by atoms with Crippen molar-refractivity contribution >= 4 is 22.6 Å². The number of carbonyl (C=O) groups is 2. The van der Waals surface area contributed by atoms with Crippen molar-refractivity contribution in [1.29, 1.82) is 0 Å². The molecule has 0 aliphatic heterocycles. The van der Waals surface area contributed by atoms with E-state index < -0.39 is 5.91 Å². The molecule has 0 saturated heterocycles. The Hall–Kier alpha value is -4.33. The molecular formula is C25H23N5O3. The second-order valence-corrected chi connectivity index (χ2v) is 7.48. The first-order chi connectivity index (χ1) is 16.1. The molecule has 0 saturated carbocycles. The lowest BCUT2D eigenvalue weighted by Gasteiger charge is -2.11. The molecule has 2 heterocycles. The maximum absolute atomic E-state index is 12.9. The van der Waals surface area contributed by atoms with Crippen molar-refractivity contribution in [2.45, 2.75) is 19.5 Å². The molecule has 8 heteroatoms. The van der Waals surface area contributed by atoms with Crippen LogP contribution in [0.2, 0.25) is 0 Å². The van der Waals surface area contributed by atoms with Gasteiger partial charge in [-0.1, -0.05) is 48.5 Å². The molecule has 0 radical (unpaired) electrons. The van der Waals surface area contributed by atoms with E-state index in [0.717, 1.165) is 11.1 Å². The number of amides is 2. The number of nitrogens with zero attached hydrogens (tertiary/aromatic N) is 3. The zero-order chi connectivity index (χ0) is 23.0. The number of benzene rings is 2. The lowest BCUT2D eigenvalue weighted by molar-refractivity contribution is -0.121. The van der Waals surface area contributed by atoms with E-state index in [0.29, 0.717) is 17.3 Å². The fourth-order valence-corrected chi connectivity index (χ4v) is 3.43. The summed E-state index contributed by atoms with van der Waals surface area (Å²) in [7, 11) is 0. The SMILES string of the molecule is O=C(CCNC(=O)c1nn(Cc2ccccc2)c(=O)c2ccccc12)NCc1ccncc1. The number of nitrogens with one attached hydrogen (secondary N) is 2. The average molecular weight is 441 g/mol. The zero-order valence-electron chi connectivity index (χ0n) is 17.9. The van der Waals surface area contributed by atoms with Crippen LogP contribution in [0.25, 0.3) is 10.8 Å². The average Bonchev–Trinajstić information content (AvgIpc) is 2.86. The quantitative estimate of drug-likeness (QED) is 0.436. The van der Waals surface area contributed by atoms with Crippen LogP contribution < -0.4 is 16.2 Å². The third-order valence-corrected chi connectivity index (χ3v) is 5.13. The standard InChI is InChI=1S/C25H23N5O3/c31-22(28-16-18-10-13-26-14-11-18)12-15-27-24(32)23-20-8-4-5-9-21(20)25(33)30(29-23)17-19-6-2-1-3-7-19/h1-11,13-14H,12,15-17H2,(H,27,32)(H,28,31). The Balaban J connectivity index is 1.45. The number of rotatable bonds is 8. The van der Waals surface area contributed by atoms with Gasteiger partial charge in [0.15, 0.2) is 5.69 Å². The highest BCUT2D eigenvalue weighted by molar-refractivity contribution is 6.04. The first-order valence-corrected chi connectivity index (χ1v) is 10.6. The first-order valence-electron chi connectivity index (χ1n) is 10.6. The summed E-state index contributed by atoms with van der Waals surface area (Å²) in [6, 6.07) is 20.0. The van der Waals surface area contributed by atoms with Crippen molar-refractivity contribution in [3.8, 4) is 0 Å². The predicted molar refractivity (Wildman–Crippen MR) is 125 cm³/mol. The van der Waals surface area contributed by atoms with E-state index in [9.17, 15) is 14.4 Å². The summed E-state index contributed by atoms with van der Waals surface area (Å²) >= 11 is 0. The largest absolute Gasteiger partial charge is 0.352 e. The molecule has 8 nitrogen and oxygen atoms in total. The van der Waals surface area contributed by atoms with Crippen LogP contribution in [-0.4, -0.2) is 33.1 Å². The van der Waals surface area contributed by atoms with Crippen LogP contribution in [0.15, 0.2) is 83.9 Å². The minimum atomic E-state index is -0.435. The van der Waals surface area contributed by atoms with Gasteiger partial charge in [-0.3, -0.25) is 19.4 Å². The van der Waals surface area contributed by atoms with Crippen LogP contribution in [0.3, 0.4) is 0 Å². The molecule has 0 atom stereocenters. The van der Waals surface area contributed by atoms with Gasteiger partial charge in [0.05, 0.1) is 11.9 Å². The molecule has 0 unspecified atom stereocenters. The van der Waals surface area contributed by atoms with Gasteiger partial charge in [0.2, 0.25) is 5.91 Å². The van der Waals surface area contributed by atoms with Crippen molar-refractivity contribution in [3.63, 3.8) is 0 Å². The molecule has 0 bridgehead atoms. The maximum atomic E-state index is 12.9. The molecule has 2 N–H and O–H groups in total. The number of pyridine rings is 1. The smallest absolute Gasteiger partial charge is 0.274 e. The van der Waals surface area contributed by atoms with Gasteiger partial charge in [-0.05, 0) is 29.3 Å². The summed E-state index contributed by atoms with van der Waals surface area (Å²) in [6.45, 7) is 0.795. The number of hydrogen-bond donors (Lipinski definition) is 2. The predicted octanol–water partition coefficient (Wildman–Crippen LogP) is 2.28. The number of hydrogen-bond acceptors (Lipinski definition) is 5. The summed E-state index contributed by atoms with van der Waals surface area (Å²) in [5, 5.41) is 10.8. The van der Waals surface area contributed by atoms with Gasteiger partial charge in [0, 0.05) is 37.3 Å². The Morgan fingerprint density at radius 2 is 1.52 bits per heavy atom. The summed E-state index contributed by atoms with van der Waals surface area (Å²) in [4.78, 5) is 41.9. The van der Waals surface area contributed by atoms with Crippen LogP contribution in [0, 0.1) is 0 Å². The topological polar surface area (TPSA) is 106 Å². The van der Waals surface area contributed by atoms with E-state index in [4.69, 9.17) is 0 Å². The molecule has 2 amide bonds. The summed E-state index contributed by atoms with van der Waals surface area (Å²) < 4.78 is 1.30. The van der Waals surface area contributed by atoms with Crippen molar-refractivity contribution in [1.82, 2.24) is 25.4 Å². The van der Waals surface area contributed by atoms with Gasteiger partial charge in [0.1, 0.15) is 0 Å². The Bertz CT molecular complexity index is 1320. The van der Waals surface area contributed by atoms with E-state index in [1.165, 1.54) is 4.68 Å². The highest BCUT2D eigenvalue weighted by Gasteiger charge is 2.17. The Labute approximate surface area is 190 Å². The van der Waals surface area contributed by atoms with Crippen molar-refractivity contribution < 1.29 is 9.59 Å². The second kappa shape index (κ2) is 10.3. The van der Waals surface area contributed by atoms with E-state index in [2.05, 4.69) is 20.7 Å². The Kier molecular flexibility index (Phi) is 6.84. The minimum Gasteiger partial charge on any atom is -0.352 e. The van der Waals surface area contributed by atoms with Gasteiger partial charge >= 0.3 is 0 Å². The number of aromatic nitrogens is 3. The van der Waals surface area contributed by atoms with Gasteiger partial charge in [-0.15, -0.1) is 0 Å². The maximum Gasteiger partial charge on any atom is 0.274 e. The van der Waals surface area contributed by atoms with Gasteiger partial charge in [0.25, 0.3) is 11.5 Å². The van der Waals surface area contributed by atoms with E-state index >= 15 is 0 Å². The normalized spacial score (nSPS) is 10.7. The molecule has 0 spiro atoms. The fourth-order valence-electron chi connectivity index (χ4n) is 3.43. The van der Waals surface area contributed by atoms with Crippen molar-refractivity contribution in [2.24, 2.45) is 0 Å². The lowest BCUT2D eigenvalue weighted by atomic mass is 10.1. The van der Waals surface area contributed by atoms with Crippen molar-refractivity contribution in [2.75, 3.05) is 6.54 Å². The number of fused-ring (bicyclic) bond motifs is 1. The van der Waals surface area contributed by atoms with E-state index in [-0.39, 0.29) is 36.7 Å². The molecule has 4 aromatic rings. The van der Waals surface area contributed by atoms with Gasteiger partial charge in [-0.2, -0.15) is 5.10 Å². The highest BCUT2D eigenvalue weighted by atomic mass is 16.2. The molecule has 0 aliphatic rings. The minimum absolute atomic E-state index is 0.123. The fraction of sp³-hybridized carbons (Fsp3) is 0.160. The van der Waals surface area contributed by atoms with E-state index in [1.54, 1.807) is 36.7 Å². The highest BCUT2D eigenvalue weighted by Crippen LogP contribution is 2.14. The third-order valence-electron chi connectivity index (χ3n) is 5.13. The molecule has 166 valence electrons. The molecule has 0 fully saturated rings. The van der Waals surface area contributed by atoms with Crippen molar-refractivity contribution in [3.05, 3.63) is 106 Å². The van der Waals surface area contributed by atoms with Crippen LogP contribution in [-0.2, 0) is 17.9 Å². The van der Waals surface area contributed by atoms with E-state index in [1.807, 2.05) is 42.5 Å². The molecule has 2 aromatic heterocycles. The summed E-state index contributed by atoms with van der Waals surface area (Å²) in [5.41, 5.74) is 1.73. The molecule has 0 aliphatic carbocycles. The molecular weight excluding hydrogens is 418 g/mol. The second-order valence-electron chi connectivity index (χ2n) is 7.48.